The lowest BCUT2D eigenvalue weighted by Crippen LogP contribution is -2.34. The van der Waals surface area contributed by atoms with Crippen molar-refractivity contribution in [1.82, 2.24) is 9.47 Å². The number of hydrogen-bond donors (Lipinski definition) is 2. The van der Waals surface area contributed by atoms with Crippen molar-refractivity contribution in [2.45, 2.75) is 39.7 Å². The summed E-state index contributed by atoms with van der Waals surface area (Å²) in [7, 11) is 0. The SMILES string of the molecule is CCCN(CCC)C(=O)C1=Cc2cc(F)c(-c3ccc4c(=O)n(CC(N)=O)ccc4c3)cc2N=C(N)C1. The molecule has 2 heterocycles. The van der Waals surface area contributed by atoms with Gasteiger partial charge < -0.3 is 20.9 Å². The van der Waals surface area contributed by atoms with Gasteiger partial charge in [-0.2, -0.15) is 0 Å². The van der Waals surface area contributed by atoms with Crippen LogP contribution in [0, 0.1) is 5.82 Å². The number of aliphatic imine (C=N–C) groups is 1. The van der Waals surface area contributed by atoms with Gasteiger partial charge in [0, 0.05) is 47.8 Å². The van der Waals surface area contributed by atoms with Crippen LogP contribution in [0.25, 0.3) is 28.0 Å². The number of nitrogens with zero attached hydrogens (tertiary/aromatic N) is 3. The molecule has 0 unspecified atom stereocenters. The molecule has 0 spiro atoms. The molecule has 1 aliphatic rings. The minimum absolute atomic E-state index is 0.115. The number of pyridine rings is 1. The fraction of sp³-hybridized carbons (Fsp3) is 0.286. The first-order chi connectivity index (χ1) is 17.7. The van der Waals surface area contributed by atoms with Gasteiger partial charge in [0.15, 0.2) is 0 Å². The normalized spacial score (nSPS) is 12.9. The molecule has 0 saturated carbocycles. The number of halogens is 1. The number of rotatable bonds is 8. The highest BCUT2D eigenvalue weighted by molar-refractivity contribution is 6.05. The Morgan fingerprint density at radius 1 is 1.11 bits per heavy atom. The Hall–Kier alpha value is -4.27. The third-order valence-corrected chi connectivity index (χ3v) is 6.24. The maximum atomic E-state index is 15.4. The Morgan fingerprint density at radius 2 is 1.84 bits per heavy atom. The van der Waals surface area contributed by atoms with Crippen LogP contribution in [0.2, 0.25) is 0 Å². The average Bonchev–Trinajstić information content (AvgIpc) is 3.02. The summed E-state index contributed by atoms with van der Waals surface area (Å²) in [6, 6.07) is 9.59. The van der Waals surface area contributed by atoms with Gasteiger partial charge in [0.05, 0.1) is 5.69 Å². The number of nitrogens with two attached hydrogens (primary N) is 2. The second kappa shape index (κ2) is 10.8. The average molecular weight is 504 g/mol. The largest absolute Gasteiger partial charge is 0.387 e. The van der Waals surface area contributed by atoms with Crippen molar-refractivity contribution < 1.29 is 14.0 Å². The predicted molar refractivity (Wildman–Crippen MR) is 144 cm³/mol. The third kappa shape index (κ3) is 5.45. The van der Waals surface area contributed by atoms with Crippen LogP contribution in [-0.4, -0.2) is 40.2 Å². The van der Waals surface area contributed by atoms with E-state index < -0.39 is 11.7 Å². The zero-order chi connectivity index (χ0) is 26.7. The number of aromatic nitrogens is 1. The zero-order valence-electron chi connectivity index (χ0n) is 21.0. The topological polar surface area (TPSA) is 124 Å². The molecule has 37 heavy (non-hydrogen) atoms. The van der Waals surface area contributed by atoms with E-state index in [0.717, 1.165) is 12.8 Å². The molecule has 3 aromatic rings. The van der Waals surface area contributed by atoms with Crippen LogP contribution in [0.15, 0.2) is 58.0 Å². The first-order valence-corrected chi connectivity index (χ1v) is 12.3. The summed E-state index contributed by atoms with van der Waals surface area (Å²) in [6.07, 6.45) is 5.01. The van der Waals surface area contributed by atoms with E-state index in [-0.39, 0.29) is 30.3 Å². The second-order valence-corrected chi connectivity index (χ2v) is 9.15. The summed E-state index contributed by atoms with van der Waals surface area (Å²) < 4.78 is 16.6. The van der Waals surface area contributed by atoms with Crippen LogP contribution in [0.3, 0.4) is 0 Å². The Kier molecular flexibility index (Phi) is 7.52. The van der Waals surface area contributed by atoms with Crippen molar-refractivity contribution in [2.75, 3.05) is 13.1 Å². The third-order valence-electron chi connectivity index (χ3n) is 6.24. The molecule has 4 rings (SSSR count). The Bertz CT molecular complexity index is 1500. The van der Waals surface area contributed by atoms with E-state index in [4.69, 9.17) is 11.5 Å². The van der Waals surface area contributed by atoms with Crippen molar-refractivity contribution in [3.8, 4) is 11.1 Å². The van der Waals surface area contributed by atoms with Gasteiger partial charge in [-0.3, -0.25) is 14.4 Å². The molecule has 0 atom stereocenters. The Balaban J connectivity index is 1.75. The molecular formula is C28H30FN5O3. The van der Waals surface area contributed by atoms with Crippen molar-refractivity contribution in [3.63, 3.8) is 0 Å². The second-order valence-electron chi connectivity index (χ2n) is 9.15. The minimum atomic E-state index is -0.618. The van der Waals surface area contributed by atoms with Crippen LogP contribution in [0.5, 0.6) is 0 Å². The van der Waals surface area contributed by atoms with Crippen molar-refractivity contribution >= 4 is 40.2 Å². The van der Waals surface area contributed by atoms with Crippen LogP contribution in [-0.2, 0) is 16.1 Å². The lowest BCUT2D eigenvalue weighted by atomic mass is 9.98. The number of hydrogen-bond acceptors (Lipinski definition) is 5. The van der Waals surface area contributed by atoms with Crippen molar-refractivity contribution in [2.24, 2.45) is 16.5 Å². The summed E-state index contributed by atoms with van der Waals surface area (Å²) in [5, 5.41) is 0.986. The highest BCUT2D eigenvalue weighted by Crippen LogP contribution is 2.35. The molecule has 8 nitrogen and oxygen atoms in total. The van der Waals surface area contributed by atoms with Crippen LogP contribution >= 0.6 is 0 Å². The number of amidine groups is 1. The molecule has 192 valence electrons. The lowest BCUT2D eigenvalue weighted by molar-refractivity contribution is -0.127. The van der Waals surface area contributed by atoms with E-state index >= 15 is 4.39 Å². The van der Waals surface area contributed by atoms with Crippen LogP contribution in [0.1, 0.15) is 38.7 Å². The molecule has 4 N–H and O–H groups in total. The fourth-order valence-electron chi connectivity index (χ4n) is 4.58. The van der Waals surface area contributed by atoms with Crippen LogP contribution < -0.4 is 17.0 Å². The zero-order valence-corrected chi connectivity index (χ0v) is 21.0. The predicted octanol–water partition coefficient (Wildman–Crippen LogP) is 3.72. The summed E-state index contributed by atoms with van der Waals surface area (Å²) >= 11 is 0. The smallest absolute Gasteiger partial charge is 0.258 e. The Morgan fingerprint density at radius 3 is 2.51 bits per heavy atom. The molecule has 0 radical (unpaired) electrons. The summed E-state index contributed by atoms with van der Waals surface area (Å²) in [5.74, 6) is -0.946. The van der Waals surface area contributed by atoms with E-state index in [0.29, 0.717) is 51.8 Å². The van der Waals surface area contributed by atoms with Crippen molar-refractivity contribution in [1.29, 1.82) is 0 Å². The lowest BCUT2D eigenvalue weighted by Gasteiger charge is -2.22. The highest BCUT2D eigenvalue weighted by Gasteiger charge is 2.22. The number of amides is 2. The van der Waals surface area contributed by atoms with Gasteiger partial charge in [0.2, 0.25) is 11.8 Å². The molecule has 2 aromatic carbocycles. The molecule has 0 fully saturated rings. The van der Waals surface area contributed by atoms with Gasteiger partial charge >= 0.3 is 0 Å². The quantitative estimate of drug-likeness (QED) is 0.486. The number of fused-ring (bicyclic) bond motifs is 2. The molecule has 2 amide bonds. The number of carbonyl (C=O) groups excluding carboxylic acids is 2. The Labute approximate surface area is 214 Å². The van der Waals surface area contributed by atoms with Crippen molar-refractivity contribution in [3.05, 3.63) is 69.9 Å². The van der Waals surface area contributed by atoms with Crippen LogP contribution in [0.4, 0.5) is 10.1 Å². The summed E-state index contributed by atoms with van der Waals surface area (Å²) in [6.45, 7) is 5.08. The van der Waals surface area contributed by atoms with Gasteiger partial charge in [-0.15, -0.1) is 0 Å². The molecule has 0 aliphatic carbocycles. The molecule has 1 aromatic heterocycles. The maximum Gasteiger partial charge on any atom is 0.258 e. The van der Waals surface area contributed by atoms with E-state index in [1.807, 2.05) is 13.8 Å². The highest BCUT2D eigenvalue weighted by atomic mass is 19.1. The van der Waals surface area contributed by atoms with Gasteiger partial charge in [-0.05, 0) is 60.2 Å². The van der Waals surface area contributed by atoms with Gasteiger partial charge in [0.25, 0.3) is 5.56 Å². The minimum Gasteiger partial charge on any atom is -0.387 e. The molecule has 1 aliphatic heterocycles. The number of carbonyl (C=O) groups is 2. The molecule has 0 saturated heterocycles. The first-order valence-electron chi connectivity index (χ1n) is 12.3. The van der Waals surface area contributed by atoms with E-state index in [9.17, 15) is 14.4 Å². The van der Waals surface area contributed by atoms with E-state index in [1.54, 1.807) is 41.3 Å². The molecule has 0 bridgehead atoms. The van der Waals surface area contributed by atoms with E-state index in [2.05, 4.69) is 4.99 Å². The molecular weight excluding hydrogens is 473 g/mol. The fourth-order valence-corrected chi connectivity index (χ4v) is 4.58. The number of primary amides is 1. The maximum absolute atomic E-state index is 15.4. The standard InChI is InChI=1S/C28H30FN5O3/c1-3-8-33(9-4-2)27(36)20-12-19-13-23(29)22(15-24(19)32-25(30)14-20)17-5-6-21-18(11-17)7-10-34(28(21)37)16-26(31)35/h5-7,10-13,15H,3-4,8-9,14,16H2,1-2H3,(H2,30,32)(H2,31,35). The monoisotopic (exact) mass is 503 g/mol. The summed E-state index contributed by atoms with van der Waals surface area (Å²) in [5.41, 5.74) is 13.3. The van der Waals surface area contributed by atoms with E-state index in [1.165, 1.54) is 16.8 Å². The summed E-state index contributed by atoms with van der Waals surface area (Å²) in [4.78, 5) is 43.4. The first kappa shape index (κ1) is 25.8. The van der Waals surface area contributed by atoms with Gasteiger partial charge in [-0.1, -0.05) is 19.9 Å². The van der Waals surface area contributed by atoms with Gasteiger partial charge in [0.1, 0.15) is 18.2 Å². The molecule has 9 heteroatoms. The van der Waals surface area contributed by atoms with Gasteiger partial charge in [-0.25, -0.2) is 9.38 Å². The number of benzene rings is 2.